The minimum atomic E-state index is -0.402. The quantitative estimate of drug-likeness (QED) is 0.756. The van der Waals surface area contributed by atoms with Crippen LogP contribution in [-0.4, -0.2) is 47.1 Å². The van der Waals surface area contributed by atoms with Crippen molar-refractivity contribution < 1.29 is 13.9 Å². The number of piperidine rings is 1. The number of rotatable bonds is 6. The highest BCUT2D eigenvalue weighted by molar-refractivity contribution is 6.31. The van der Waals surface area contributed by atoms with Gasteiger partial charge >= 0.3 is 0 Å². The Morgan fingerprint density at radius 3 is 2.73 bits per heavy atom. The molecular weight excluding hydrogens is 405 g/mol. The molecule has 0 bridgehead atoms. The standard InChI is InChI=1S/C23H27ClFN3O2/c24-21-14-19(25)2-1-18(21)13-22(29)27-15-20-3-6-23(30-20)7-11-28(12-8-23)16-17-4-9-26-10-5-17/h1-2,4-5,9-10,14,20H,3,6-8,11-13,15-16H2,(H,27,29). The molecule has 1 spiro atoms. The number of ether oxygens (including phenoxy) is 1. The molecule has 0 aliphatic carbocycles. The van der Waals surface area contributed by atoms with Crippen molar-refractivity contribution >= 4 is 17.5 Å². The number of benzene rings is 1. The van der Waals surface area contributed by atoms with Crippen molar-refractivity contribution in [2.45, 2.75) is 50.4 Å². The summed E-state index contributed by atoms with van der Waals surface area (Å²) >= 11 is 6.01. The lowest BCUT2D eigenvalue weighted by atomic mass is 9.88. The zero-order valence-electron chi connectivity index (χ0n) is 16.9. The predicted molar refractivity (Wildman–Crippen MR) is 114 cm³/mol. The van der Waals surface area contributed by atoms with Crippen LogP contribution in [0.25, 0.3) is 0 Å². The summed E-state index contributed by atoms with van der Waals surface area (Å²) in [4.78, 5) is 18.8. The van der Waals surface area contributed by atoms with Gasteiger partial charge in [0.2, 0.25) is 5.91 Å². The number of nitrogens with zero attached hydrogens (tertiary/aromatic N) is 2. The molecule has 0 radical (unpaired) electrons. The smallest absolute Gasteiger partial charge is 0.224 e. The Kier molecular flexibility index (Phi) is 6.66. The number of amides is 1. The molecule has 2 aromatic rings. The van der Waals surface area contributed by atoms with Gasteiger partial charge in [0.25, 0.3) is 0 Å². The Bertz CT molecular complexity index is 872. The summed E-state index contributed by atoms with van der Waals surface area (Å²) in [5.74, 6) is -0.527. The molecule has 4 rings (SSSR count). The van der Waals surface area contributed by atoms with E-state index in [-0.39, 0.29) is 29.1 Å². The van der Waals surface area contributed by atoms with E-state index < -0.39 is 5.82 Å². The third kappa shape index (κ3) is 5.36. The molecule has 1 unspecified atom stereocenters. The van der Waals surface area contributed by atoms with Crippen molar-refractivity contribution in [3.05, 3.63) is 64.7 Å². The number of carbonyl (C=O) groups excluding carboxylic acids is 1. The minimum absolute atomic E-state index is 0.0457. The van der Waals surface area contributed by atoms with Crippen molar-refractivity contribution in [2.24, 2.45) is 0 Å². The van der Waals surface area contributed by atoms with E-state index in [9.17, 15) is 9.18 Å². The highest BCUT2D eigenvalue weighted by atomic mass is 35.5. The van der Waals surface area contributed by atoms with Gasteiger partial charge < -0.3 is 10.1 Å². The molecule has 2 aliphatic rings. The molecular formula is C23H27ClFN3O2. The number of pyridine rings is 1. The molecule has 7 heteroatoms. The highest BCUT2D eigenvalue weighted by Gasteiger charge is 2.42. The van der Waals surface area contributed by atoms with E-state index in [1.165, 1.54) is 17.7 Å². The van der Waals surface area contributed by atoms with Crippen LogP contribution >= 0.6 is 11.6 Å². The lowest BCUT2D eigenvalue weighted by molar-refractivity contribution is -0.122. The molecule has 1 N–H and O–H groups in total. The summed E-state index contributed by atoms with van der Waals surface area (Å²) in [5, 5.41) is 3.22. The summed E-state index contributed by atoms with van der Waals surface area (Å²) < 4.78 is 19.5. The second-order valence-corrected chi connectivity index (χ2v) is 8.72. The van der Waals surface area contributed by atoms with Crippen LogP contribution < -0.4 is 5.32 Å². The number of carbonyl (C=O) groups is 1. The fraction of sp³-hybridized carbons (Fsp3) is 0.478. The molecule has 3 heterocycles. The van der Waals surface area contributed by atoms with Crippen LogP contribution in [0.3, 0.4) is 0 Å². The number of likely N-dealkylation sites (tertiary alicyclic amines) is 1. The maximum Gasteiger partial charge on any atom is 0.224 e. The fourth-order valence-corrected chi connectivity index (χ4v) is 4.63. The highest BCUT2D eigenvalue weighted by Crippen LogP contribution is 2.39. The number of aromatic nitrogens is 1. The summed E-state index contributed by atoms with van der Waals surface area (Å²) in [7, 11) is 0. The second kappa shape index (κ2) is 9.41. The van der Waals surface area contributed by atoms with Crippen molar-refractivity contribution in [1.82, 2.24) is 15.2 Å². The maximum absolute atomic E-state index is 13.1. The molecule has 0 saturated carbocycles. The topological polar surface area (TPSA) is 54.5 Å². The van der Waals surface area contributed by atoms with Crippen LogP contribution in [0, 0.1) is 5.82 Å². The first-order valence-corrected chi connectivity index (χ1v) is 10.9. The molecule has 160 valence electrons. The van der Waals surface area contributed by atoms with E-state index >= 15 is 0 Å². The van der Waals surface area contributed by atoms with Gasteiger partial charge in [-0.05, 0) is 61.1 Å². The second-order valence-electron chi connectivity index (χ2n) is 8.31. The van der Waals surface area contributed by atoms with Gasteiger partial charge in [0.1, 0.15) is 5.82 Å². The van der Waals surface area contributed by atoms with Gasteiger partial charge in [0.15, 0.2) is 0 Å². The molecule has 1 aromatic heterocycles. The maximum atomic E-state index is 13.1. The number of hydrogen-bond acceptors (Lipinski definition) is 4. The zero-order valence-corrected chi connectivity index (χ0v) is 17.7. The van der Waals surface area contributed by atoms with E-state index in [1.807, 2.05) is 12.4 Å². The van der Waals surface area contributed by atoms with E-state index in [0.717, 1.165) is 45.3 Å². The average Bonchev–Trinajstić information content (AvgIpc) is 3.14. The molecule has 1 atom stereocenters. The van der Waals surface area contributed by atoms with Crippen LogP contribution in [0.2, 0.25) is 5.02 Å². The normalized spacial score (nSPS) is 21.1. The average molecular weight is 432 g/mol. The van der Waals surface area contributed by atoms with Gasteiger partial charge in [-0.3, -0.25) is 14.7 Å². The van der Waals surface area contributed by atoms with Crippen molar-refractivity contribution in [3.8, 4) is 0 Å². The molecule has 1 amide bonds. The molecule has 30 heavy (non-hydrogen) atoms. The molecule has 2 fully saturated rings. The van der Waals surface area contributed by atoms with Gasteiger partial charge in [-0.15, -0.1) is 0 Å². The van der Waals surface area contributed by atoms with Gasteiger partial charge in [-0.1, -0.05) is 17.7 Å². The Labute approximate surface area is 181 Å². The number of hydrogen-bond donors (Lipinski definition) is 1. The third-order valence-corrected chi connectivity index (χ3v) is 6.51. The van der Waals surface area contributed by atoms with Gasteiger partial charge in [0.05, 0.1) is 18.1 Å². The number of nitrogens with one attached hydrogen (secondary N) is 1. The van der Waals surface area contributed by atoms with E-state index in [4.69, 9.17) is 16.3 Å². The lowest BCUT2D eigenvalue weighted by Gasteiger charge is -2.39. The Morgan fingerprint density at radius 2 is 2.00 bits per heavy atom. The molecule has 5 nitrogen and oxygen atoms in total. The van der Waals surface area contributed by atoms with Crippen LogP contribution in [-0.2, 0) is 22.5 Å². The first-order chi connectivity index (χ1) is 14.5. The number of halogens is 2. The van der Waals surface area contributed by atoms with Gasteiger partial charge in [0, 0.05) is 43.6 Å². The fourth-order valence-electron chi connectivity index (χ4n) is 4.40. The van der Waals surface area contributed by atoms with Crippen molar-refractivity contribution in [3.63, 3.8) is 0 Å². The molecule has 2 aliphatic heterocycles. The van der Waals surface area contributed by atoms with Crippen LogP contribution in [0.15, 0.2) is 42.7 Å². The third-order valence-electron chi connectivity index (χ3n) is 6.15. The zero-order chi connectivity index (χ0) is 21.0. The summed E-state index contributed by atoms with van der Waals surface area (Å²) in [6, 6.07) is 8.23. The van der Waals surface area contributed by atoms with E-state index in [0.29, 0.717) is 12.1 Å². The van der Waals surface area contributed by atoms with Crippen LogP contribution in [0.4, 0.5) is 4.39 Å². The minimum Gasteiger partial charge on any atom is -0.370 e. The van der Waals surface area contributed by atoms with Crippen molar-refractivity contribution in [1.29, 1.82) is 0 Å². The summed E-state index contributed by atoms with van der Waals surface area (Å²) in [5.41, 5.74) is 1.86. The summed E-state index contributed by atoms with van der Waals surface area (Å²) in [6.45, 7) is 3.49. The lowest BCUT2D eigenvalue weighted by Crippen LogP contribution is -2.45. The van der Waals surface area contributed by atoms with E-state index in [1.54, 1.807) is 6.07 Å². The monoisotopic (exact) mass is 431 g/mol. The Balaban J connectivity index is 1.20. The van der Waals surface area contributed by atoms with Crippen LogP contribution in [0.5, 0.6) is 0 Å². The Morgan fingerprint density at radius 1 is 1.23 bits per heavy atom. The first-order valence-electron chi connectivity index (χ1n) is 10.5. The largest absolute Gasteiger partial charge is 0.370 e. The predicted octanol–water partition coefficient (Wildman–Crippen LogP) is 3.75. The molecule has 2 saturated heterocycles. The molecule has 1 aromatic carbocycles. The summed E-state index contributed by atoms with van der Waals surface area (Å²) in [6.07, 6.45) is 7.91. The van der Waals surface area contributed by atoms with Gasteiger partial charge in [-0.25, -0.2) is 4.39 Å². The first kappa shape index (κ1) is 21.2. The van der Waals surface area contributed by atoms with Crippen molar-refractivity contribution in [2.75, 3.05) is 19.6 Å². The van der Waals surface area contributed by atoms with E-state index in [2.05, 4.69) is 27.3 Å². The van der Waals surface area contributed by atoms with Gasteiger partial charge in [-0.2, -0.15) is 0 Å². The van der Waals surface area contributed by atoms with Crippen LogP contribution in [0.1, 0.15) is 36.8 Å². The Hall–Kier alpha value is -2.02. The SMILES string of the molecule is O=C(Cc1ccc(F)cc1Cl)NCC1CCC2(CCN(Cc3ccncc3)CC2)O1.